The van der Waals surface area contributed by atoms with Crippen molar-refractivity contribution in [1.82, 2.24) is 4.90 Å². The molecule has 33 heavy (non-hydrogen) atoms. The number of amides is 2. The van der Waals surface area contributed by atoms with Gasteiger partial charge < -0.3 is 14.5 Å². The Kier molecular flexibility index (Phi) is 5.37. The third-order valence-corrected chi connectivity index (χ3v) is 7.73. The van der Waals surface area contributed by atoms with Crippen LogP contribution in [0.3, 0.4) is 0 Å². The van der Waals surface area contributed by atoms with Crippen molar-refractivity contribution in [2.45, 2.75) is 18.3 Å². The van der Waals surface area contributed by atoms with Crippen molar-refractivity contribution in [2.75, 3.05) is 24.3 Å². The lowest BCUT2D eigenvalue weighted by Gasteiger charge is -2.33. The summed E-state index contributed by atoms with van der Waals surface area (Å²) in [7, 11) is 1.57. The predicted molar refractivity (Wildman–Crippen MR) is 127 cm³/mol. The van der Waals surface area contributed by atoms with Gasteiger partial charge in [0, 0.05) is 29.0 Å². The molecule has 7 heteroatoms. The number of carbonyl (C=O) groups is 2. The monoisotopic (exact) mass is 462 g/mol. The fourth-order valence-corrected chi connectivity index (χ4v) is 6.09. The van der Waals surface area contributed by atoms with Crippen molar-refractivity contribution in [3.05, 3.63) is 94.8 Å². The van der Waals surface area contributed by atoms with E-state index in [0.29, 0.717) is 40.4 Å². The molecule has 3 aromatic rings. The highest BCUT2D eigenvalue weighted by atomic mass is 32.2. The van der Waals surface area contributed by atoms with Gasteiger partial charge in [0.05, 0.1) is 19.3 Å². The van der Waals surface area contributed by atoms with Crippen molar-refractivity contribution < 1.29 is 18.7 Å². The van der Waals surface area contributed by atoms with Crippen molar-refractivity contribution in [2.24, 2.45) is 0 Å². The smallest absolute Gasteiger partial charge is 0.268 e. The summed E-state index contributed by atoms with van der Waals surface area (Å²) in [5, 5.41) is 0. The van der Waals surface area contributed by atoms with Crippen LogP contribution in [-0.4, -0.2) is 36.1 Å². The standard InChI is InChI=1S/C26H23FN2O3S/c1-17-7-3-5-9-20(17)24(30)29-13-14-33-26(29)21-15-19(32-2)11-12-23(21)28(25(26)31)16-18-8-4-6-10-22(18)27/h3-12,15H,13-14,16H2,1-2H3/t26-/m0/s1. The Morgan fingerprint density at radius 1 is 1.12 bits per heavy atom. The third kappa shape index (κ3) is 3.30. The van der Waals surface area contributed by atoms with E-state index >= 15 is 0 Å². The summed E-state index contributed by atoms with van der Waals surface area (Å²) in [6.07, 6.45) is 0. The highest BCUT2D eigenvalue weighted by Gasteiger charge is 2.59. The number of methoxy groups -OCH3 is 1. The average molecular weight is 463 g/mol. The number of anilines is 1. The second kappa shape index (κ2) is 8.23. The molecule has 5 rings (SSSR count). The van der Waals surface area contributed by atoms with E-state index in [1.165, 1.54) is 17.8 Å². The lowest BCUT2D eigenvalue weighted by atomic mass is 10.0. The number of hydrogen-bond donors (Lipinski definition) is 0. The summed E-state index contributed by atoms with van der Waals surface area (Å²) in [4.78, 5) is 29.8. The van der Waals surface area contributed by atoms with Crippen LogP contribution in [0.25, 0.3) is 0 Å². The Morgan fingerprint density at radius 2 is 1.88 bits per heavy atom. The Balaban J connectivity index is 1.64. The van der Waals surface area contributed by atoms with Gasteiger partial charge in [-0.2, -0.15) is 0 Å². The molecule has 2 aliphatic heterocycles. The van der Waals surface area contributed by atoms with Gasteiger partial charge in [-0.25, -0.2) is 4.39 Å². The number of benzene rings is 3. The van der Waals surface area contributed by atoms with E-state index in [1.807, 2.05) is 37.3 Å². The number of rotatable bonds is 4. The second-order valence-electron chi connectivity index (χ2n) is 8.13. The van der Waals surface area contributed by atoms with E-state index in [-0.39, 0.29) is 24.2 Å². The Bertz CT molecular complexity index is 1260. The van der Waals surface area contributed by atoms with Crippen molar-refractivity contribution in [1.29, 1.82) is 0 Å². The maximum absolute atomic E-state index is 14.5. The lowest BCUT2D eigenvalue weighted by molar-refractivity contribution is -0.123. The molecule has 1 fully saturated rings. The molecule has 0 saturated carbocycles. The minimum atomic E-state index is -1.21. The van der Waals surface area contributed by atoms with E-state index in [0.717, 1.165) is 5.56 Å². The first-order chi connectivity index (χ1) is 16.0. The summed E-state index contributed by atoms with van der Waals surface area (Å²) in [6, 6.07) is 19.3. The van der Waals surface area contributed by atoms with Crippen molar-refractivity contribution in [3.63, 3.8) is 0 Å². The largest absolute Gasteiger partial charge is 0.497 e. The molecule has 1 spiro atoms. The molecule has 0 N–H and O–H groups in total. The molecule has 2 aliphatic rings. The molecule has 0 bridgehead atoms. The van der Waals surface area contributed by atoms with Crippen LogP contribution in [0.1, 0.15) is 27.0 Å². The number of ether oxygens (including phenoxy) is 1. The first-order valence-corrected chi connectivity index (χ1v) is 11.7. The van der Waals surface area contributed by atoms with E-state index in [2.05, 4.69) is 0 Å². The van der Waals surface area contributed by atoms with Crippen LogP contribution in [0, 0.1) is 12.7 Å². The van der Waals surface area contributed by atoms with Crippen LogP contribution in [0.5, 0.6) is 5.75 Å². The van der Waals surface area contributed by atoms with Gasteiger partial charge in [0.25, 0.3) is 11.8 Å². The summed E-state index contributed by atoms with van der Waals surface area (Å²) in [5.41, 5.74) is 3.22. The zero-order valence-corrected chi connectivity index (χ0v) is 19.2. The van der Waals surface area contributed by atoms with Gasteiger partial charge >= 0.3 is 0 Å². The van der Waals surface area contributed by atoms with Gasteiger partial charge in [0.15, 0.2) is 4.87 Å². The quantitative estimate of drug-likeness (QED) is 0.563. The van der Waals surface area contributed by atoms with E-state index < -0.39 is 4.87 Å². The fraction of sp³-hybridized carbons (Fsp3) is 0.231. The van der Waals surface area contributed by atoms with E-state index in [9.17, 15) is 14.0 Å². The molecule has 1 saturated heterocycles. The fourth-order valence-electron chi connectivity index (χ4n) is 4.63. The van der Waals surface area contributed by atoms with Gasteiger partial charge in [0.1, 0.15) is 11.6 Å². The maximum Gasteiger partial charge on any atom is 0.268 e. The molecule has 1 atom stereocenters. The minimum absolute atomic E-state index is 0.0829. The molecule has 0 aromatic heterocycles. The van der Waals surface area contributed by atoms with Crippen LogP contribution in [-0.2, 0) is 16.2 Å². The number of halogens is 1. The van der Waals surface area contributed by atoms with Gasteiger partial charge in [-0.05, 0) is 42.8 Å². The molecule has 2 amide bonds. The lowest BCUT2D eigenvalue weighted by Crippen LogP contribution is -2.50. The normalized spacial score (nSPS) is 19.3. The zero-order chi connectivity index (χ0) is 23.2. The molecule has 168 valence electrons. The Labute approximate surface area is 196 Å². The molecule has 2 heterocycles. The topological polar surface area (TPSA) is 49.9 Å². The van der Waals surface area contributed by atoms with Crippen LogP contribution in [0.4, 0.5) is 10.1 Å². The highest BCUT2D eigenvalue weighted by Crippen LogP contribution is 2.55. The van der Waals surface area contributed by atoms with E-state index in [4.69, 9.17) is 4.74 Å². The van der Waals surface area contributed by atoms with Crippen LogP contribution in [0.2, 0.25) is 0 Å². The number of hydrogen-bond acceptors (Lipinski definition) is 4. The van der Waals surface area contributed by atoms with Gasteiger partial charge in [-0.15, -0.1) is 11.8 Å². The summed E-state index contributed by atoms with van der Waals surface area (Å²) in [5.74, 6) is 0.428. The Morgan fingerprint density at radius 3 is 2.64 bits per heavy atom. The number of thioether (sulfide) groups is 1. The third-order valence-electron chi connectivity index (χ3n) is 6.31. The summed E-state index contributed by atoms with van der Waals surface area (Å²) >= 11 is 1.44. The van der Waals surface area contributed by atoms with Gasteiger partial charge in [-0.3, -0.25) is 9.59 Å². The molecule has 0 unspecified atom stereocenters. The highest BCUT2D eigenvalue weighted by molar-refractivity contribution is 8.01. The SMILES string of the molecule is COc1ccc2c(c1)[C@]1(SCCN1C(=O)c1ccccc1C)C(=O)N2Cc1ccccc1F. The molecule has 0 radical (unpaired) electrons. The number of carbonyl (C=O) groups excluding carboxylic acids is 2. The first kappa shape index (κ1) is 21.5. The number of fused-ring (bicyclic) bond motifs is 2. The number of nitrogens with zero attached hydrogens (tertiary/aromatic N) is 2. The summed E-state index contributed by atoms with van der Waals surface area (Å²) in [6.45, 7) is 2.41. The first-order valence-electron chi connectivity index (χ1n) is 10.7. The van der Waals surface area contributed by atoms with Crippen LogP contribution in [0.15, 0.2) is 66.7 Å². The molecule has 5 nitrogen and oxygen atoms in total. The molecular formula is C26H23FN2O3S. The maximum atomic E-state index is 14.5. The van der Waals surface area contributed by atoms with E-state index in [1.54, 1.807) is 47.2 Å². The van der Waals surface area contributed by atoms with Crippen LogP contribution >= 0.6 is 11.8 Å². The second-order valence-corrected chi connectivity index (χ2v) is 9.42. The summed E-state index contributed by atoms with van der Waals surface area (Å²) < 4.78 is 19.9. The Hall–Kier alpha value is -3.32. The molecule has 3 aromatic carbocycles. The van der Waals surface area contributed by atoms with Gasteiger partial charge in [-0.1, -0.05) is 36.4 Å². The van der Waals surface area contributed by atoms with Crippen molar-refractivity contribution >= 4 is 29.3 Å². The molecular weight excluding hydrogens is 439 g/mol. The minimum Gasteiger partial charge on any atom is -0.497 e. The number of aryl methyl sites for hydroxylation is 1. The molecule has 0 aliphatic carbocycles. The average Bonchev–Trinajstić information content (AvgIpc) is 3.37. The van der Waals surface area contributed by atoms with Crippen molar-refractivity contribution in [3.8, 4) is 5.75 Å². The zero-order valence-electron chi connectivity index (χ0n) is 18.4. The van der Waals surface area contributed by atoms with Gasteiger partial charge in [0.2, 0.25) is 0 Å². The van der Waals surface area contributed by atoms with Crippen LogP contribution < -0.4 is 9.64 Å². The predicted octanol–water partition coefficient (Wildman–Crippen LogP) is 4.73.